The van der Waals surface area contributed by atoms with Crippen LogP contribution in [0.5, 0.6) is 11.5 Å². The van der Waals surface area contributed by atoms with Crippen molar-refractivity contribution in [1.29, 1.82) is 0 Å². The maximum absolute atomic E-state index is 12.1. The summed E-state index contributed by atoms with van der Waals surface area (Å²) in [6.07, 6.45) is 0. The number of hydrogen-bond acceptors (Lipinski definition) is 5. The van der Waals surface area contributed by atoms with Crippen molar-refractivity contribution in [2.75, 3.05) is 20.8 Å². The second kappa shape index (κ2) is 8.89. The smallest absolute Gasteiger partial charge is 0.338 e. The molecule has 1 N–H and O–H groups in total. The first-order chi connectivity index (χ1) is 12.4. The minimum absolute atomic E-state index is 0.178. The van der Waals surface area contributed by atoms with Crippen molar-refractivity contribution in [3.8, 4) is 11.5 Å². The highest BCUT2D eigenvalue weighted by atomic mass is 16.5. The molecule has 0 saturated heterocycles. The van der Waals surface area contributed by atoms with Gasteiger partial charge in [-0.05, 0) is 37.6 Å². The lowest BCUT2D eigenvalue weighted by molar-refractivity contribution is -0.124. The van der Waals surface area contributed by atoms with E-state index in [1.54, 1.807) is 12.1 Å². The minimum atomic E-state index is -0.607. The normalized spacial score (nSPS) is 11.4. The maximum Gasteiger partial charge on any atom is 0.338 e. The number of carbonyl (C=O) groups is 2. The van der Waals surface area contributed by atoms with Crippen molar-refractivity contribution in [1.82, 2.24) is 5.32 Å². The molecule has 0 fully saturated rings. The van der Waals surface area contributed by atoms with Gasteiger partial charge in [-0.2, -0.15) is 0 Å². The van der Waals surface area contributed by atoms with Crippen molar-refractivity contribution >= 4 is 11.9 Å². The number of hydrogen-bond donors (Lipinski definition) is 1. The number of aryl methyl sites for hydroxylation is 1. The Morgan fingerprint density at radius 2 is 1.65 bits per heavy atom. The third-order valence-corrected chi connectivity index (χ3v) is 3.91. The quantitative estimate of drug-likeness (QED) is 0.771. The Hall–Kier alpha value is -3.02. The van der Waals surface area contributed by atoms with Gasteiger partial charge in [0.2, 0.25) is 0 Å². The van der Waals surface area contributed by atoms with Crippen LogP contribution in [0.15, 0.2) is 42.5 Å². The Morgan fingerprint density at radius 1 is 1.00 bits per heavy atom. The van der Waals surface area contributed by atoms with Gasteiger partial charge in [0.25, 0.3) is 5.91 Å². The van der Waals surface area contributed by atoms with Crippen molar-refractivity contribution in [3.63, 3.8) is 0 Å². The Morgan fingerprint density at radius 3 is 2.27 bits per heavy atom. The molecule has 6 heteroatoms. The molecule has 0 aromatic heterocycles. The summed E-state index contributed by atoms with van der Waals surface area (Å²) >= 11 is 0. The first kappa shape index (κ1) is 19.3. The molecule has 2 aromatic rings. The van der Waals surface area contributed by atoms with Crippen LogP contribution in [0.3, 0.4) is 0 Å². The summed E-state index contributed by atoms with van der Waals surface area (Å²) in [5.41, 5.74) is 2.41. The first-order valence-corrected chi connectivity index (χ1v) is 8.19. The third-order valence-electron chi connectivity index (χ3n) is 3.91. The van der Waals surface area contributed by atoms with Gasteiger partial charge in [-0.3, -0.25) is 4.79 Å². The van der Waals surface area contributed by atoms with Crippen LogP contribution in [0.25, 0.3) is 0 Å². The highest BCUT2D eigenvalue weighted by Gasteiger charge is 2.15. The van der Waals surface area contributed by atoms with E-state index in [0.717, 1.165) is 11.1 Å². The second-order valence-corrected chi connectivity index (χ2v) is 5.85. The fraction of sp³-hybridized carbons (Fsp3) is 0.300. The Bertz CT molecular complexity index is 770. The molecule has 1 atom stereocenters. The second-order valence-electron chi connectivity index (χ2n) is 5.85. The molecule has 0 heterocycles. The highest BCUT2D eigenvalue weighted by molar-refractivity contribution is 5.92. The molecule has 2 aromatic carbocycles. The van der Waals surface area contributed by atoms with Crippen LogP contribution in [0, 0.1) is 6.92 Å². The van der Waals surface area contributed by atoms with Crippen molar-refractivity contribution < 1.29 is 23.8 Å². The predicted molar refractivity (Wildman–Crippen MR) is 97.6 cm³/mol. The summed E-state index contributed by atoms with van der Waals surface area (Å²) in [4.78, 5) is 24.1. The fourth-order valence-corrected chi connectivity index (χ4v) is 2.40. The van der Waals surface area contributed by atoms with Gasteiger partial charge in [0.05, 0.1) is 25.8 Å². The number of carbonyl (C=O) groups excluding carboxylic acids is 2. The molecule has 26 heavy (non-hydrogen) atoms. The lowest BCUT2D eigenvalue weighted by Crippen LogP contribution is -2.31. The van der Waals surface area contributed by atoms with Gasteiger partial charge in [0.1, 0.15) is 0 Å². The van der Waals surface area contributed by atoms with Crippen LogP contribution in [0.1, 0.15) is 34.5 Å². The molecule has 0 spiro atoms. The van der Waals surface area contributed by atoms with E-state index in [0.29, 0.717) is 11.5 Å². The van der Waals surface area contributed by atoms with Crippen LogP contribution >= 0.6 is 0 Å². The van der Waals surface area contributed by atoms with Crippen molar-refractivity contribution in [3.05, 3.63) is 59.2 Å². The van der Waals surface area contributed by atoms with E-state index in [4.69, 9.17) is 14.2 Å². The van der Waals surface area contributed by atoms with Crippen LogP contribution in [0.2, 0.25) is 0 Å². The number of methoxy groups -OCH3 is 2. The van der Waals surface area contributed by atoms with Crippen molar-refractivity contribution in [2.45, 2.75) is 19.9 Å². The lowest BCUT2D eigenvalue weighted by Gasteiger charge is -2.15. The Labute approximate surface area is 153 Å². The van der Waals surface area contributed by atoms with E-state index in [9.17, 15) is 9.59 Å². The molecular weight excluding hydrogens is 334 g/mol. The molecule has 0 aliphatic rings. The van der Waals surface area contributed by atoms with Gasteiger partial charge in [-0.1, -0.05) is 29.8 Å². The molecule has 138 valence electrons. The van der Waals surface area contributed by atoms with Crippen molar-refractivity contribution in [2.24, 2.45) is 0 Å². The molecular formula is C20H23NO5. The molecule has 0 aliphatic heterocycles. The SMILES string of the molecule is COc1ccc(C(=O)OCC(=O)NC(C)c2ccc(C)cc2)cc1OC. The molecule has 6 nitrogen and oxygen atoms in total. The van der Waals surface area contributed by atoms with Gasteiger partial charge < -0.3 is 19.5 Å². The van der Waals surface area contributed by atoms with E-state index < -0.39 is 5.97 Å². The molecule has 0 radical (unpaired) electrons. The largest absolute Gasteiger partial charge is 0.493 e. The van der Waals surface area contributed by atoms with E-state index in [-0.39, 0.29) is 24.1 Å². The summed E-state index contributed by atoms with van der Waals surface area (Å²) < 4.78 is 15.3. The van der Waals surface area contributed by atoms with Gasteiger partial charge in [0, 0.05) is 0 Å². The molecule has 1 amide bonds. The van der Waals surface area contributed by atoms with Gasteiger partial charge in [-0.25, -0.2) is 4.79 Å². The third kappa shape index (κ3) is 4.99. The van der Waals surface area contributed by atoms with E-state index >= 15 is 0 Å². The number of ether oxygens (including phenoxy) is 3. The monoisotopic (exact) mass is 357 g/mol. The van der Waals surface area contributed by atoms with Crippen LogP contribution in [0.4, 0.5) is 0 Å². The number of rotatable bonds is 7. The summed E-state index contributed by atoms with van der Waals surface area (Å²) in [5, 5.41) is 2.80. The van der Waals surface area contributed by atoms with Gasteiger partial charge >= 0.3 is 5.97 Å². The maximum atomic E-state index is 12.1. The summed E-state index contributed by atoms with van der Waals surface area (Å²) in [6, 6.07) is 12.4. The summed E-state index contributed by atoms with van der Waals surface area (Å²) in [7, 11) is 2.99. The molecule has 1 unspecified atom stereocenters. The highest BCUT2D eigenvalue weighted by Crippen LogP contribution is 2.27. The number of nitrogens with one attached hydrogen (secondary N) is 1. The molecule has 2 rings (SSSR count). The Balaban J connectivity index is 1.90. The van der Waals surface area contributed by atoms with E-state index in [1.165, 1.54) is 20.3 Å². The van der Waals surface area contributed by atoms with Crippen LogP contribution in [-0.4, -0.2) is 32.7 Å². The summed E-state index contributed by atoms with van der Waals surface area (Å²) in [6.45, 7) is 3.52. The van der Waals surface area contributed by atoms with Gasteiger partial charge in [0.15, 0.2) is 18.1 Å². The topological polar surface area (TPSA) is 73.9 Å². The average Bonchev–Trinajstić information content (AvgIpc) is 2.65. The fourth-order valence-electron chi connectivity index (χ4n) is 2.40. The van der Waals surface area contributed by atoms with E-state index in [2.05, 4.69) is 5.32 Å². The number of amides is 1. The van der Waals surface area contributed by atoms with Gasteiger partial charge in [-0.15, -0.1) is 0 Å². The number of esters is 1. The predicted octanol–water partition coefficient (Wildman–Crippen LogP) is 3.05. The number of benzene rings is 2. The zero-order valence-electron chi connectivity index (χ0n) is 15.4. The standard InChI is InChI=1S/C20H23NO5/c1-13-5-7-15(8-6-13)14(2)21-19(22)12-26-20(23)16-9-10-17(24-3)18(11-16)25-4/h5-11,14H,12H2,1-4H3,(H,21,22). The average molecular weight is 357 g/mol. The van der Waals surface area contributed by atoms with E-state index in [1.807, 2.05) is 38.1 Å². The molecule has 0 saturated carbocycles. The summed E-state index contributed by atoms with van der Waals surface area (Å²) in [5.74, 6) is -0.0518. The zero-order valence-corrected chi connectivity index (χ0v) is 15.4. The zero-order chi connectivity index (χ0) is 19.1. The molecule has 0 bridgehead atoms. The first-order valence-electron chi connectivity index (χ1n) is 8.19. The minimum Gasteiger partial charge on any atom is -0.493 e. The van der Waals surface area contributed by atoms with Crippen LogP contribution < -0.4 is 14.8 Å². The lowest BCUT2D eigenvalue weighted by atomic mass is 10.1. The molecule has 0 aliphatic carbocycles. The Kier molecular flexibility index (Phi) is 6.60. The van der Waals surface area contributed by atoms with Crippen LogP contribution in [-0.2, 0) is 9.53 Å².